The van der Waals surface area contributed by atoms with Gasteiger partial charge in [0.2, 0.25) is 12.0 Å². The van der Waals surface area contributed by atoms with Gasteiger partial charge in [0.15, 0.2) is 0 Å². The summed E-state index contributed by atoms with van der Waals surface area (Å²) in [4.78, 5) is 24.1. The molecule has 0 aliphatic heterocycles. The Kier molecular flexibility index (Phi) is 4.71. The molecule has 2 N–H and O–H groups in total. The molecule has 0 aliphatic carbocycles. The van der Waals surface area contributed by atoms with Crippen LogP contribution in [0.5, 0.6) is 0 Å². The first-order valence-corrected chi connectivity index (χ1v) is 7.82. The van der Waals surface area contributed by atoms with Gasteiger partial charge in [-0.2, -0.15) is 13.4 Å². The number of benzene rings is 2. The number of isocyanates is 1. The second kappa shape index (κ2) is 6.53. The van der Waals surface area contributed by atoms with Gasteiger partial charge in [-0.25, -0.2) is 4.79 Å². The zero-order valence-electron chi connectivity index (χ0n) is 12.0. The Morgan fingerprint density at radius 2 is 1.74 bits per heavy atom. The second-order valence-corrected chi connectivity index (χ2v) is 6.01. The van der Waals surface area contributed by atoms with Crippen molar-refractivity contribution in [2.75, 3.05) is 5.32 Å². The fourth-order valence-electron chi connectivity index (χ4n) is 1.99. The van der Waals surface area contributed by atoms with E-state index >= 15 is 0 Å². The molecule has 2 aromatic carbocycles. The summed E-state index contributed by atoms with van der Waals surface area (Å²) in [7, 11) is -4.54. The van der Waals surface area contributed by atoms with Crippen molar-refractivity contribution in [3.63, 3.8) is 0 Å². The van der Waals surface area contributed by atoms with E-state index in [4.69, 9.17) is 0 Å². The number of hydrogen-bond acceptors (Lipinski definition) is 5. The number of nitrogens with zero attached hydrogens (tertiary/aromatic N) is 1. The maximum atomic E-state index is 11.4. The summed E-state index contributed by atoms with van der Waals surface area (Å²) >= 11 is 0. The highest BCUT2D eigenvalue weighted by molar-refractivity contribution is 7.86. The first-order valence-electron chi connectivity index (χ1n) is 6.38. The molecule has 0 atom stereocenters. The number of hydrogen-bond donors (Lipinski definition) is 2. The van der Waals surface area contributed by atoms with Gasteiger partial charge in [-0.3, -0.25) is 9.35 Å². The Morgan fingerprint density at radius 1 is 1.13 bits per heavy atom. The molecule has 7 nitrogen and oxygen atoms in total. The molecule has 0 saturated heterocycles. The second-order valence-electron chi connectivity index (χ2n) is 4.62. The van der Waals surface area contributed by atoms with Crippen LogP contribution in [-0.4, -0.2) is 25.0 Å². The zero-order valence-corrected chi connectivity index (χ0v) is 12.8. The van der Waals surface area contributed by atoms with E-state index in [-0.39, 0.29) is 11.6 Å². The first-order chi connectivity index (χ1) is 10.8. The highest BCUT2D eigenvalue weighted by Gasteiger charge is 2.16. The molecule has 0 aromatic heterocycles. The van der Waals surface area contributed by atoms with E-state index in [2.05, 4.69) is 10.3 Å². The molecule has 0 bridgehead atoms. The third kappa shape index (κ3) is 4.10. The Balaban J connectivity index is 2.48. The van der Waals surface area contributed by atoms with Gasteiger partial charge < -0.3 is 5.32 Å². The lowest BCUT2D eigenvalue weighted by Crippen LogP contribution is -2.05. The van der Waals surface area contributed by atoms with Crippen LogP contribution >= 0.6 is 0 Å². The topological polar surface area (TPSA) is 113 Å². The van der Waals surface area contributed by atoms with Crippen LogP contribution in [0.25, 0.3) is 11.1 Å². The first kappa shape index (κ1) is 16.6. The summed E-state index contributed by atoms with van der Waals surface area (Å²) in [6, 6.07) is 10.7. The molecule has 0 unspecified atom stereocenters. The third-order valence-electron chi connectivity index (χ3n) is 2.94. The Bertz CT molecular complexity index is 898. The number of rotatable bonds is 4. The van der Waals surface area contributed by atoms with Crippen molar-refractivity contribution >= 4 is 33.5 Å². The molecular formula is C15H12N2O5S. The van der Waals surface area contributed by atoms with E-state index in [0.717, 1.165) is 0 Å². The minimum absolute atomic E-state index is 0.193. The van der Waals surface area contributed by atoms with E-state index in [1.165, 1.54) is 25.1 Å². The predicted molar refractivity (Wildman–Crippen MR) is 83.8 cm³/mol. The van der Waals surface area contributed by atoms with Crippen LogP contribution < -0.4 is 5.32 Å². The number of amides is 1. The van der Waals surface area contributed by atoms with Crippen LogP contribution in [0.3, 0.4) is 0 Å². The highest BCUT2D eigenvalue weighted by Crippen LogP contribution is 2.30. The van der Waals surface area contributed by atoms with Gasteiger partial charge >= 0.3 is 0 Å². The zero-order chi connectivity index (χ0) is 17.0. The van der Waals surface area contributed by atoms with Crippen molar-refractivity contribution in [1.29, 1.82) is 0 Å². The lowest BCUT2D eigenvalue weighted by Gasteiger charge is -2.07. The standard InChI is InChI=1S/C15H12N2O5S/c1-10(19)17-13-5-2-11(3-6-13)12-4-7-14(16-9-18)15(8-12)23(20,21)22/h2-8H,1H3,(H,17,19)(H,20,21,22). The fraction of sp³-hybridized carbons (Fsp3) is 0.0667. The van der Waals surface area contributed by atoms with Crippen LogP contribution in [-0.2, 0) is 19.7 Å². The highest BCUT2D eigenvalue weighted by atomic mass is 32.2. The SMILES string of the molecule is CC(=O)Nc1ccc(-c2ccc(N=C=O)c(S(=O)(=O)O)c2)cc1. The van der Waals surface area contributed by atoms with Crippen LogP contribution in [0.4, 0.5) is 11.4 Å². The Labute approximate surface area is 132 Å². The maximum absolute atomic E-state index is 11.4. The normalized spacial score (nSPS) is 10.7. The molecular weight excluding hydrogens is 320 g/mol. The molecule has 23 heavy (non-hydrogen) atoms. The molecule has 0 heterocycles. The summed E-state index contributed by atoms with van der Waals surface area (Å²) < 4.78 is 32.1. The van der Waals surface area contributed by atoms with Gasteiger partial charge in [0.25, 0.3) is 10.1 Å². The average Bonchev–Trinajstić information content (AvgIpc) is 2.47. The Hall–Kier alpha value is -2.80. The number of carbonyl (C=O) groups is 1. The molecule has 0 saturated carbocycles. The van der Waals surface area contributed by atoms with Gasteiger partial charge in [-0.1, -0.05) is 18.2 Å². The summed E-state index contributed by atoms with van der Waals surface area (Å²) in [6.45, 7) is 1.39. The molecule has 118 valence electrons. The summed E-state index contributed by atoms with van der Waals surface area (Å²) in [5, 5.41) is 2.61. The largest absolute Gasteiger partial charge is 0.326 e. The summed E-state index contributed by atoms with van der Waals surface area (Å²) in [5.74, 6) is -0.206. The van der Waals surface area contributed by atoms with Gasteiger partial charge in [0.05, 0.1) is 5.69 Å². The number of carbonyl (C=O) groups excluding carboxylic acids is 2. The molecule has 2 rings (SSSR count). The van der Waals surface area contributed by atoms with Crippen LogP contribution in [0.2, 0.25) is 0 Å². The smallest absolute Gasteiger partial charge is 0.296 e. The van der Waals surface area contributed by atoms with E-state index in [0.29, 0.717) is 16.8 Å². The minimum Gasteiger partial charge on any atom is -0.326 e. The molecule has 0 fully saturated rings. The van der Waals surface area contributed by atoms with E-state index < -0.39 is 15.0 Å². The molecule has 1 amide bonds. The third-order valence-corrected chi connectivity index (χ3v) is 3.83. The maximum Gasteiger partial charge on any atom is 0.296 e. The van der Waals surface area contributed by atoms with Crippen LogP contribution in [0.15, 0.2) is 52.4 Å². The van der Waals surface area contributed by atoms with Crippen molar-refractivity contribution in [2.45, 2.75) is 11.8 Å². The van der Waals surface area contributed by atoms with E-state index in [1.54, 1.807) is 30.3 Å². The van der Waals surface area contributed by atoms with Crippen molar-refractivity contribution in [3.05, 3.63) is 42.5 Å². The van der Waals surface area contributed by atoms with E-state index in [1.807, 2.05) is 0 Å². The van der Waals surface area contributed by atoms with Gasteiger partial charge in [-0.15, -0.1) is 0 Å². The predicted octanol–water partition coefficient (Wildman–Crippen LogP) is 2.53. The summed E-state index contributed by atoms with van der Waals surface area (Å²) in [5.41, 5.74) is 1.56. The van der Waals surface area contributed by atoms with Crippen molar-refractivity contribution in [1.82, 2.24) is 0 Å². The average molecular weight is 332 g/mol. The van der Waals surface area contributed by atoms with Crippen molar-refractivity contribution in [3.8, 4) is 11.1 Å². The van der Waals surface area contributed by atoms with Crippen molar-refractivity contribution < 1.29 is 22.6 Å². The molecule has 8 heteroatoms. The minimum atomic E-state index is -4.54. The summed E-state index contributed by atoms with van der Waals surface area (Å²) in [6.07, 6.45) is 1.24. The molecule has 0 radical (unpaired) electrons. The quantitative estimate of drug-likeness (QED) is 0.507. The lowest BCUT2D eigenvalue weighted by atomic mass is 10.0. The molecule has 0 aliphatic rings. The number of anilines is 1. The Morgan fingerprint density at radius 3 is 2.26 bits per heavy atom. The number of nitrogens with one attached hydrogen (secondary N) is 1. The fourth-order valence-corrected chi connectivity index (χ4v) is 2.64. The van der Waals surface area contributed by atoms with Crippen LogP contribution in [0.1, 0.15) is 6.92 Å². The molecule has 2 aromatic rings. The van der Waals surface area contributed by atoms with Gasteiger partial charge in [0, 0.05) is 12.6 Å². The number of aliphatic imine (C=N–C) groups is 1. The monoisotopic (exact) mass is 332 g/mol. The van der Waals surface area contributed by atoms with E-state index in [9.17, 15) is 22.6 Å². The van der Waals surface area contributed by atoms with Crippen LogP contribution in [0, 0.1) is 0 Å². The lowest BCUT2D eigenvalue weighted by molar-refractivity contribution is -0.114. The molecule has 0 spiro atoms. The van der Waals surface area contributed by atoms with Gasteiger partial charge in [-0.05, 0) is 35.4 Å². The van der Waals surface area contributed by atoms with Gasteiger partial charge in [0.1, 0.15) is 4.90 Å². The van der Waals surface area contributed by atoms with Crippen molar-refractivity contribution in [2.24, 2.45) is 4.99 Å².